The summed E-state index contributed by atoms with van der Waals surface area (Å²) in [6.45, 7) is 3.06. The highest BCUT2D eigenvalue weighted by molar-refractivity contribution is 7.90. The Morgan fingerprint density at radius 2 is 1.58 bits per heavy atom. The zero-order chi connectivity index (χ0) is 28.3. The van der Waals surface area contributed by atoms with Crippen molar-refractivity contribution in [1.29, 1.82) is 0 Å². The number of hydrogen-bond donors (Lipinski definition) is 0. The Balaban J connectivity index is 2.03. The zero-order valence-corrected chi connectivity index (χ0v) is 23.3. The second kappa shape index (κ2) is 11.6. The van der Waals surface area contributed by atoms with Crippen LogP contribution in [0.3, 0.4) is 0 Å². The minimum atomic E-state index is -4.92. The smallest absolute Gasteiger partial charge is 0.342 e. The van der Waals surface area contributed by atoms with E-state index in [4.69, 9.17) is 0 Å². The average Bonchev–Trinajstić information content (AvgIpc) is 3.32. The Bertz CT molecular complexity index is 1510. The van der Waals surface area contributed by atoms with E-state index in [0.29, 0.717) is 34.5 Å². The first kappa shape index (κ1) is 29.8. The van der Waals surface area contributed by atoms with Crippen LogP contribution in [0.1, 0.15) is 24.3 Å². The van der Waals surface area contributed by atoms with Crippen molar-refractivity contribution in [2.75, 3.05) is 25.9 Å². The molecule has 1 aromatic heterocycles. The molecule has 0 aliphatic carbocycles. The second-order valence-electron chi connectivity index (χ2n) is 8.40. The molecule has 0 radical (unpaired) electrons. The number of sulfone groups is 1. The molecule has 0 aliphatic rings. The van der Waals surface area contributed by atoms with Crippen LogP contribution in [0.15, 0.2) is 70.5 Å². The molecule has 3 rings (SSSR count). The van der Waals surface area contributed by atoms with E-state index in [2.05, 4.69) is 0 Å². The highest BCUT2D eigenvalue weighted by Gasteiger charge is 2.39. The second-order valence-corrected chi connectivity index (χ2v) is 13.5. The maximum absolute atomic E-state index is 13.7. The fraction of sp³-hybridized carbons (Fsp3) is 0.320. The van der Waals surface area contributed by atoms with E-state index < -0.39 is 48.9 Å². The van der Waals surface area contributed by atoms with Gasteiger partial charge in [0.15, 0.2) is 9.84 Å². The van der Waals surface area contributed by atoms with Crippen LogP contribution < -0.4 is 0 Å². The number of carbonyl (C=O) groups excluding carboxylic acids is 1. The third kappa shape index (κ3) is 6.82. The number of rotatable bonds is 10. The number of nitrogens with zero attached hydrogens (tertiary/aromatic N) is 2. The maximum Gasteiger partial charge on any atom is 0.417 e. The summed E-state index contributed by atoms with van der Waals surface area (Å²) in [5.74, 6) is -0.541. The number of hydrogen-bond acceptors (Lipinski definition) is 6. The van der Waals surface area contributed by atoms with Crippen molar-refractivity contribution in [3.05, 3.63) is 71.1 Å². The Labute approximate surface area is 224 Å². The van der Waals surface area contributed by atoms with Gasteiger partial charge in [-0.15, -0.1) is 11.3 Å². The lowest BCUT2D eigenvalue weighted by atomic mass is 10.2. The number of carbonyl (C=O) groups is 1. The first-order valence-electron chi connectivity index (χ1n) is 11.5. The normalized spacial score (nSPS) is 12.6. The molecule has 0 fully saturated rings. The van der Waals surface area contributed by atoms with Gasteiger partial charge in [-0.05, 0) is 55.8 Å². The zero-order valence-electron chi connectivity index (χ0n) is 20.9. The predicted octanol–water partition coefficient (Wildman–Crippen LogP) is 4.90. The SMILES string of the molecule is CCN(CC)C(=O)CN(Cc1ccc(-c2cccc(S(C)(=O)=O)c2)s1)S(=O)(=O)c1ccccc1C(F)(F)F. The topological polar surface area (TPSA) is 91.8 Å². The number of sulfonamides is 1. The summed E-state index contributed by atoms with van der Waals surface area (Å²) in [7, 11) is -8.20. The molecule has 3 aromatic rings. The minimum Gasteiger partial charge on any atom is -0.342 e. The van der Waals surface area contributed by atoms with Crippen molar-refractivity contribution >= 4 is 37.1 Å². The van der Waals surface area contributed by atoms with E-state index in [9.17, 15) is 34.8 Å². The van der Waals surface area contributed by atoms with Gasteiger partial charge in [-0.2, -0.15) is 17.5 Å². The van der Waals surface area contributed by atoms with Gasteiger partial charge in [0.25, 0.3) is 0 Å². The maximum atomic E-state index is 13.7. The van der Waals surface area contributed by atoms with Gasteiger partial charge in [0.05, 0.1) is 21.9 Å². The van der Waals surface area contributed by atoms with Gasteiger partial charge in [0.2, 0.25) is 15.9 Å². The molecule has 0 saturated carbocycles. The van der Waals surface area contributed by atoms with Crippen molar-refractivity contribution < 1.29 is 34.8 Å². The summed E-state index contributed by atoms with van der Waals surface area (Å²) < 4.78 is 92.8. The molecule has 7 nitrogen and oxygen atoms in total. The number of halogens is 3. The van der Waals surface area contributed by atoms with Gasteiger partial charge in [0.1, 0.15) is 0 Å². The lowest BCUT2D eigenvalue weighted by molar-refractivity contribution is -0.139. The summed E-state index contributed by atoms with van der Waals surface area (Å²) in [5, 5.41) is 0. The quantitative estimate of drug-likeness (QED) is 0.336. The molecular formula is C25H27F3N2O5S3. The molecule has 0 aliphatic heterocycles. The standard InChI is InChI=1S/C25H27F3N2O5S3/c1-4-29(5-2)24(31)17-30(38(34,35)23-12-7-6-11-21(23)25(26,27)28)16-19-13-14-22(36-19)18-9-8-10-20(15-18)37(3,32)33/h6-15H,4-5,16-17H2,1-3H3. The average molecular weight is 589 g/mol. The van der Waals surface area contributed by atoms with E-state index >= 15 is 0 Å². The van der Waals surface area contributed by atoms with Gasteiger partial charge < -0.3 is 4.90 Å². The third-order valence-electron chi connectivity index (χ3n) is 5.78. The van der Waals surface area contributed by atoms with Crippen LogP contribution in [0.4, 0.5) is 13.2 Å². The van der Waals surface area contributed by atoms with Crippen LogP contribution >= 0.6 is 11.3 Å². The summed E-state index contributed by atoms with van der Waals surface area (Å²) in [5.41, 5.74) is -0.732. The molecule has 13 heteroatoms. The largest absolute Gasteiger partial charge is 0.417 e. The van der Waals surface area contributed by atoms with Crippen LogP contribution in [0.5, 0.6) is 0 Å². The molecule has 2 aromatic carbocycles. The van der Waals surface area contributed by atoms with E-state index in [1.165, 1.54) is 23.1 Å². The summed E-state index contributed by atoms with van der Waals surface area (Å²) in [6.07, 6.45) is -3.83. The van der Waals surface area contributed by atoms with Crippen LogP contribution in [0.25, 0.3) is 10.4 Å². The van der Waals surface area contributed by atoms with E-state index in [-0.39, 0.29) is 11.4 Å². The van der Waals surface area contributed by atoms with Crippen molar-refractivity contribution in [2.45, 2.75) is 36.4 Å². The highest BCUT2D eigenvalue weighted by Crippen LogP contribution is 2.36. The first-order valence-corrected chi connectivity index (χ1v) is 15.7. The number of alkyl halides is 3. The monoisotopic (exact) mass is 588 g/mol. The number of amides is 1. The van der Waals surface area contributed by atoms with Gasteiger partial charge in [-0.3, -0.25) is 4.79 Å². The third-order valence-corrected chi connectivity index (χ3v) is 9.86. The molecule has 0 N–H and O–H groups in total. The van der Waals surface area contributed by atoms with Gasteiger partial charge in [-0.25, -0.2) is 16.8 Å². The molecule has 0 saturated heterocycles. The Hall–Kier alpha value is -2.74. The molecule has 38 heavy (non-hydrogen) atoms. The fourth-order valence-electron chi connectivity index (χ4n) is 3.79. The molecular weight excluding hydrogens is 561 g/mol. The lowest BCUT2D eigenvalue weighted by Crippen LogP contribution is -2.42. The Kier molecular flexibility index (Phi) is 9.07. The summed E-state index contributed by atoms with van der Waals surface area (Å²) in [4.78, 5) is 14.5. The van der Waals surface area contributed by atoms with Gasteiger partial charge >= 0.3 is 6.18 Å². The predicted molar refractivity (Wildman–Crippen MR) is 140 cm³/mol. The first-order chi connectivity index (χ1) is 17.7. The lowest BCUT2D eigenvalue weighted by Gasteiger charge is -2.26. The summed E-state index contributed by atoms with van der Waals surface area (Å²) in [6, 6.07) is 13.4. The fourth-order valence-corrected chi connectivity index (χ4v) is 7.14. The molecule has 0 spiro atoms. The molecule has 1 amide bonds. The van der Waals surface area contributed by atoms with E-state index in [0.717, 1.165) is 34.0 Å². The molecule has 0 bridgehead atoms. The number of benzene rings is 2. The molecule has 0 atom stereocenters. The van der Waals surface area contributed by atoms with Gasteiger partial charge in [-0.1, -0.05) is 24.3 Å². The Morgan fingerprint density at radius 1 is 0.921 bits per heavy atom. The molecule has 206 valence electrons. The van der Waals surface area contributed by atoms with Crippen molar-refractivity contribution in [3.63, 3.8) is 0 Å². The minimum absolute atomic E-state index is 0.114. The van der Waals surface area contributed by atoms with Crippen LogP contribution in [-0.4, -0.2) is 57.8 Å². The molecule has 1 heterocycles. The Morgan fingerprint density at radius 3 is 2.18 bits per heavy atom. The van der Waals surface area contributed by atoms with Crippen molar-refractivity contribution in [2.24, 2.45) is 0 Å². The number of likely N-dealkylation sites (N-methyl/N-ethyl adjacent to an activating group) is 1. The van der Waals surface area contributed by atoms with Gasteiger partial charge in [0, 0.05) is 35.6 Å². The highest BCUT2D eigenvalue weighted by atomic mass is 32.2. The van der Waals surface area contributed by atoms with Crippen LogP contribution in [-0.2, 0) is 37.4 Å². The molecule has 0 unspecified atom stereocenters. The van der Waals surface area contributed by atoms with E-state index in [1.807, 2.05) is 0 Å². The van der Waals surface area contributed by atoms with Crippen LogP contribution in [0.2, 0.25) is 0 Å². The van der Waals surface area contributed by atoms with E-state index in [1.54, 1.807) is 38.1 Å². The van der Waals surface area contributed by atoms with Crippen LogP contribution in [0, 0.1) is 0 Å². The van der Waals surface area contributed by atoms with Crippen molar-refractivity contribution in [1.82, 2.24) is 9.21 Å². The summed E-state index contributed by atoms with van der Waals surface area (Å²) >= 11 is 1.15. The van der Waals surface area contributed by atoms with Crippen molar-refractivity contribution in [3.8, 4) is 10.4 Å². The number of thiophene rings is 1.